The fourth-order valence-corrected chi connectivity index (χ4v) is 1.63. The van der Waals surface area contributed by atoms with Gasteiger partial charge in [0.1, 0.15) is 0 Å². The van der Waals surface area contributed by atoms with Crippen molar-refractivity contribution in [2.75, 3.05) is 5.43 Å². The summed E-state index contributed by atoms with van der Waals surface area (Å²) in [5, 5.41) is 14.3. The van der Waals surface area contributed by atoms with E-state index in [4.69, 9.17) is 0 Å². The van der Waals surface area contributed by atoms with E-state index in [9.17, 15) is 23.3 Å². The number of hydrazone groups is 1. The van der Waals surface area contributed by atoms with E-state index in [-0.39, 0.29) is 11.4 Å². The summed E-state index contributed by atoms with van der Waals surface area (Å²) in [6.45, 7) is 0. The van der Waals surface area contributed by atoms with Gasteiger partial charge in [0.15, 0.2) is 0 Å². The van der Waals surface area contributed by atoms with Gasteiger partial charge in [0, 0.05) is 12.1 Å². The van der Waals surface area contributed by atoms with Crippen LogP contribution in [-0.2, 0) is 6.18 Å². The zero-order valence-corrected chi connectivity index (χ0v) is 11.0. The summed E-state index contributed by atoms with van der Waals surface area (Å²) in [6, 6.07) is 10.2. The molecule has 0 unspecified atom stereocenters. The SMILES string of the molecule is O=[N+]([O-])c1ccc(C=NNc2cccc(C(F)(F)F)c2)cc1. The van der Waals surface area contributed by atoms with Crippen molar-refractivity contribution in [2.24, 2.45) is 5.10 Å². The highest BCUT2D eigenvalue weighted by Crippen LogP contribution is 2.30. The average molecular weight is 309 g/mol. The van der Waals surface area contributed by atoms with E-state index in [1.807, 2.05) is 0 Å². The fraction of sp³-hybridized carbons (Fsp3) is 0.0714. The number of nitro benzene ring substituents is 1. The number of rotatable bonds is 4. The van der Waals surface area contributed by atoms with Crippen molar-refractivity contribution in [1.29, 1.82) is 0 Å². The minimum Gasteiger partial charge on any atom is -0.278 e. The first kappa shape index (κ1) is 15.5. The predicted molar refractivity (Wildman–Crippen MR) is 75.8 cm³/mol. The van der Waals surface area contributed by atoms with Crippen molar-refractivity contribution >= 4 is 17.6 Å². The van der Waals surface area contributed by atoms with Gasteiger partial charge in [-0.2, -0.15) is 18.3 Å². The van der Waals surface area contributed by atoms with Gasteiger partial charge in [0.05, 0.1) is 22.4 Å². The molecule has 0 aliphatic rings. The molecule has 2 aromatic carbocycles. The standard InChI is InChI=1S/C14H10F3N3O2/c15-14(16,17)11-2-1-3-12(8-11)19-18-9-10-4-6-13(7-5-10)20(21)22/h1-9,19H. The first-order chi connectivity index (χ1) is 10.4. The summed E-state index contributed by atoms with van der Waals surface area (Å²) in [7, 11) is 0. The van der Waals surface area contributed by atoms with Gasteiger partial charge < -0.3 is 0 Å². The average Bonchev–Trinajstić information content (AvgIpc) is 2.47. The third kappa shape index (κ3) is 4.05. The summed E-state index contributed by atoms with van der Waals surface area (Å²) in [4.78, 5) is 9.97. The van der Waals surface area contributed by atoms with Crippen LogP contribution in [0.2, 0.25) is 0 Å². The van der Waals surface area contributed by atoms with E-state index in [1.165, 1.54) is 42.6 Å². The van der Waals surface area contributed by atoms with Crippen molar-refractivity contribution in [2.45, 2.75) is 6.18 Å². The number of hydrogen-bond donors (Lipinski definition) is 1. The van der Waals surface area contributed by atoms with Gasteiger partial charge in [-0.25, -0.2) is 0 Å². The molecule has 0 bridgehead atoms. The summed E-state index contributed by atoms with van der Waals surface area (Å²) >= 11 is 0. The summed E-state index contributed by atoms with van der Waals surface area (Å²) < 4.78 is 37.6. The number of anilines is 1. The molecular weight excluding hydrogens is 299 g/mol. The van der Waals surface area contributed by atoms with Crippen LogP contribution in [0.3, 0.4) is 0 Å². The number of nitrogens with zero attached hydrogens (tertiary/aromatic N) is 2. The highest BCUT2D eigenvalue weighted by molar-refractivity contribution is 5.80. The lowest BCUT2D eigenvalue weighted by atomic mass is 10.2. The maximum Gasteiger partial charge on any atom is 0.416 e. The van der Waals surface area contributed by atoms with Crippen LogP contribution in [0.1, 0.15) is 11.1 Å². The number of hydrogen-bond acceptors (Lipinski definition) is 4. The first-order valence-corrected chi connectivity index (χ1v) is 6.07. The molecule has 8 heteroatoms. The predicted octanol–water partition coefficient (Wildman–Crippen LogP) is 4.06. The highest BCUT2D eigenvalue weighted by atomic mass is 19.4. The molecule has 0 amide bonds. The Hall–Kier alpha value is -2.90. The summed E-state index contributed by atoms with van der Waals surface area (Å²) in [6.07, 6.45) is -3.07. The largest absolute Gasteiger partial charge is 0.416 e. The molecule has 0 aliphatic carbocycles. The molecule has 0 heterocycles. The van der Waals surface area contributed by atoms with Crippen molar-refractivity contribution in [3.63, 3.8) is 0 Å². The van der Waals surface area contributed by atoms with Crippen LogP contribution >= 0.6 is 0 Å². The monoisotopic (exact) mass is 309 g/mol. The van der Waals surface area contributed by atoms with E-state index in [1.54, 1.807) is 0 Å². The Morgan fingerprint density at radius 1 is 1.14 bits per heavy atom. The Balaban J connectivity index is 2.05. The fourth-order valence-electron chi connectivity index (χ4n) is 1.63. The molecule has 0 spiro atoms. The molecule has 2 aromatic rings. The lowest BCUT2D eigenvalue weighted by Crippen LogP contribution is -2.05. The molecule has 0 atom stereocenters. The third-order valence-corrected chi connectivity index (χ3v) is 2.70. The number of alkyl halides is 3. The molecular formula is C14H10F3N3O2. The molecule has 0 fully saturated rings. The van der Waals surface area contributed by atoms with Crippen LogP contribution in [0.5, 0.6) is 0 Å². The van der Waals surface area contributed by atoms with Gasteiger partial charge in [-0.1, -0.05) is 6.07 Å². The maximum absolute atomic E-state index is 12.5. The maximum atomic E-state index is 12.5. The minimum absolute atomic E-state index is 0.0528. The second kappa shape index (κ2) is 6.25. The van der Waals surface area contributed by atoms with Crippen LogP contribution in [-0.4, -0.2) is 11.1 Å². The second-order valence-electron chi connectivity index (χ2n) is 4.30. The molecule has 2 rings (SSSR count). The van der Waals surface area contributed by atoms with Crippen molar-refractivity contribution in [1.82, 2.24) is 0 Å². The zero-order chi connectivity index (χ0) is 16.2. The Morgan fingerprint density at radius 2 is 1.82 bits per heavy atom. The van der Waals surface area contributed by atoms with Crippen molar-refractivity contribution < 1.29 is 18.1 Å². The Labute approximate surface area is 123 Å². The molecule has 22 heavy (non-hydrogen) atoms. The van der Waals surface area contributed by atoms with Gasteiger partial charge in [-0.3, -0.25) is 15.5 Å². The van der Waals surface area contributed by atoms with Gasteiger partial charge in [-0.15, -0.1) is 0 Å². The quantitative estimate of drug-likeness (QED) is 0.526. The topological polar surface area (TPSA) is 67.5 Å². The molecule has 0 saturated carbocycles. The summed E-state index contributed by atoms with van der Waals surface area (Å²) in [5.41, 5.74) is 2.41. The Morgan fingerprint density at radius 3 is 2.41 bits per heavy atom. The van der Waals surface area contributed by atoms with Gasteiger partial charge in [0.2, 0.25) is 0 Å². The zero-order valence-electron chi connectivity index (χ0n) is 11.0. The van der Waals surface area contributed by atoms with Crippen LogP contribution < -0.4 is 5.43 Å². The number of halogens is 3. The Bertz CT molecular complexity index is 697. The van der Waals surface area contributed by atoms with E-state index in [0.717, 1.165) is 12.1 Å². The normalized spacial score (nSPS) is 11.6. The van der Waals surface area contributed by atoms with E-state index in [0.29, 0.717) is 5.56 Å². The highest BCUT2D eigenvalue weighted by Gasteiger charge is 2.30. The van der Waals surface area contributed by atoms with E-state index >= 15 is 0 Å². The number of nitrogens with one attached hydrogen (secondary N) is 1. The number of nitro groups is 1. The van der Waals surface area contributed by atoms with E-state index < -0.39 is 16.7 Å². The minimum atomic E-state index is -4.42. The molecule has 0 aliphatic heterocycles. The van der Waals surface area contributed by atoms with Crippen LogP contribution in [0.25, 0.3) is 0 Å². The summed E-state index contributed by atoms with van der Waals surface area (Å²) in [5.74, 6) is 0. The van der Waals surface area contributed by atoms with Gasteiger partial charge >= 0.3 is 6.18 Å². The van der Waals surface area contributed by atoms with Crippen LogP contribution in [0, 0.1) is 10.1 Å². The molecule has 1 N–H and O–H groups in total. The van der Waals surface area contributed by atoms with Crippen LogP contribution in [0.15, 0.2) is 53.6 Å². The molecule has 114 valence electrons. The first-order valence-electron chi connectivity index (χ1n) is 6.07. The van der Waals surface area contributed by atoms with Crippen LogP contribution in [0.4, 0.5) is 24.5 Å². The number of non-ortho nitro benzene ring substituents is 1. The van der Waals surface area contributed by atoms with Gasteiger partial charge in [0.25, 0.3) is 5.69 Å². The smallest absolute Gasteiger partial charge is 0.278 e. The Kier molecular flexibility index (Phi) is 4.40. The second-order valence-corrected chi connectivity index (χ2v) is 4.30. The van der Waals surface area contributed by atoms with Gasteiger partial charge in [-0.05, 0) is 35.9 Å². The van der Waals surface area contributed by atoms with Crippen molar-refractivity contribution in [3.05, 3.63) is 69.8 Å². The molecule has 0 saturated heterocycles. The lowest BCUT2D eigenvalue weighted by Gasteiger charge is -2.07. The van der Waals surface area contributed by atoms with E-state index in [2.05, 4.69) is 10.5 Å². The molecule has 0 radical (unpaired) electrons. The van der Waals surface area contributed by atoms with Crippen molar-refractivity contribution in [3.8, 4) is 0 Å². The molecule has 5 nitrogen and oxygen atoms in total. The third-order valence-electron chi connectivity index (χ3n) is 2.70. The number of benzene rings is 2. The lowest BCUT2D eigenvalue weighted by molar-refractivity contribution is -0.384. The molecule has 0 aromatic heterocycles.